The Morgan fingerprint density at radius 1 is 1.15 bits per heavy atom. The van der Waals surface area contributed by atoms with Crippen molar-refractivity contribution in [3.63, 3.8) is 0 Å². The minimum absolute atomic E-state index is 0.0962. The minimum atomic E-state index is -3.76. The highest BCUT2D eigenvalue weighted by molar-refractivity contribution is 7.92. The van der Waals surface area contributed by atoms with E-state index in [0.717, 1.165) is 5.56 Å². The smallest absolute Gasteiger partial charge is 0.262 e. The van der Waals surface area contributed by atoms with Gasteiger partial charge in [-0.25, -0.2) is 13.4 Å². The van der Waals surface area contributed by atoms with Crippen LogP contribution in [0.2, 0.25) is 10.2 Å². The maximum atomic E-state index is 12.4. The highest BCUT2D eigenvalue weighted by atomic mass is 35.5. The van der Waals surface area contributed by atoms with Gasteiger partial charge in [0.2, 0.25) is 0 Å². The van der Waals surface area contributed by atoms with Crippen LogP contribution in [0.25, 0.3) is 0 Å². The molecule has 106 valence electrons. The molecule has 4 nitrogen and oxygen atoms in total. The molecule has 0 aliphatic carbocycles. The summed E-state index contributed by atoms with van der Waals surface area (Å²) in [5, 5.41) is 0.447. The van der Waals surface area contributed by atoms with Crippen LogP contribution in [0.15, 0.2) is 35.4 Å². The van der Waals surface area contributed by atoms with Crippen LogP contribution in [0, 0.1) is 13.8 Å². The molecule has 7 heteroatoms. The predicted octanol–water partition coefficient (Wildman–Crippen LogP) is 3.81. The fraction of sp³-hybridized carbons (Fsp3) is 0.154. The lowest BCUT2D eigenvalue weighted by molar-refractivity contribution is 0.600. The first-order chi connectivity index (χ1) is 9.29. The van der Waals surface area contributed by atoms with Gasteiger partial charge in [-0.05, 0) is 43.2 Å². The van der Waals surface area contributed by atoms with E-state index in [-0.39, 0.29) is 15.7 Å². The predicted molar refractivity (Wildman–Crippen MR) is 81.0 cm³/mol. The van der Waals surface area contributed by atoms with Crippen molar-refractivity contribution in [1.82, 2.24) is 4.98 Å². The average molecular weight is 331 g/mol. The molecule has 2 rings (SSSR count). The number of anilines is 1. The lowest BCUT2D eigenvalue weighted by Crippen LogP contribution is -2.15. The van der Waals surface area contributed by atoms with Gasteiger partial charge in [0.05, 0.1) is 10.6 Å². The maximum Gasteiger partial charge on any atom is 0.262 e. The summed E-state index contributed by atoms with van der Waals surface area (Å²) in [6.45, 7) is 3.49. The van der Waals surface area contributed by atoms with E-state index in [1.54, 1.807) is 38.2 Å². The summed E-state index contributed by atoms with van der Waals surface area (Å²) in [6, 6.07) is 6.30. The third kappa shape index (κ3) is 3.23. The molecule has 1 aromatic carbocycles. The van der Waals surface area contributed by atoms with Crippen LogP contribution in [0.3, 0.4) is 0 Å². The number of rotatable bonds is 3. The Labute approximate surface area is 127 Å². The molecular formula is C13H12Cl2N2O2S. The molecule has 0 aliphatic rings. The minimum Gasteiger partial charge on any atom is -0.276 e. The monoisotopic (exact) mass is 330 g/mol. The van der Waals surface area contributed by atoms with Gasteiger partial charge in [-0.3, -0.25) is 4.72 Å². The third-order valence-corrected chi connectivity index (χ3v) is 4.70. The largest absolute Gasteiger partial charge is 0.276 e. The Kier molecular flexibility index (Phi) is 4.22. The van der Waals surface area contributed by atoms with Crippen molar-refractivity contribution in [1.29, 1.82) is 0 Å². The van der Waals surface area contributed by atoms with Crippen LogP contribution in [-0.4, -0.2) is 13.4 Å². The molecular weight excluding hydrogens is 319 g/mol. The molecule has 1 aromatic heterocycles. The molecule has 1 heterocycles. The van der Waals surface area contributed by atoms with Gasteiger partial charge in [-0.2, -0.15) is 0 Å². The zero-order valence-corrected chi connectivity index (χ0v) is 13.1. The number of nitrogens with one attached hydrogen (secondary N) is 1. The number of halogens is 2. The molecule has 2 aromatic rings. The Bertz CT molecular complexity index is 761. The number of sulfonamides is 1. The Balaban J connectivity index is 2.46. The van der Waals surface area contributed by atoms with Crippen molar-refractivity contribution < 1.29 is 8.42 Å². The number of hydrogen-bond acceptors (Lipinski definition) is 3. The van der Waals surface area contributed by atoms with E-state index in [0.29, 0.717) is 10.6 Å². The van der Waals surface area contributed by atoms with Crippen LogP contribution in [0.4, 0.5) is 5.69 Å². The summed E-state index contributed by atoms with van der Waals surface area (Å²) in [6.07, 6.45) is 1.56. The fourth-order valence-electron chi connectivity index (χ4n) is 1.69. The maximum absolute atomic E-state index is 12.4. The summed E-state index contributed by atoms with van der Waals surface area (Å²) in [7, 11) is -3.76. The van der Waals surface area contributed by atoms with Gasteiger partial charge in [0.15, 0.2) is 5.15 Å². The quantitative estimate of drug-likeness (QED) is 0.870. The van der Waals surface area contributed by atoms with E-state index in [1.807, 2.05) is 0 Å². The van der Waals surface area contributed by atoms with Gasteiger partial charge >= 0.3 is 0 Å². The molecule has 0 bridgehead atoms. The van der Waals surface area contributed by atoms with Crippen molar-refractivity contribution in [2.75, 3.05) is 4.72 Å². The molecule has 0 fully saturated rings. The first-order valence-electron chi connectivity index (χ1n) is 5.71. The lowest BCUT2D eigenvalue weighted by Gasteiger charge is -2.12. The zero-order valence-electron chi connectivity index (χ0n) is 10.8. The topological polar surface area (TPSA) is 59.1 Å². The number of aryl methyl sites for hydroxylation is 2. The fourth-order valence-corrected chi connectivity index (χ4v) is 3.46. The van der Waals surface area contributed by atoms with Crippen LogP contribution in [-0.2, 0) is 10.0 Å². The molecule has 0 saturated carbocycles. The van der Waals surface area contributed by atoms with Gasteiger partial charge in [0.1, 0.15) is 0 Å². The first-order valence-corrected chi connectivity index (χ1v) is 7.94. The highest BCUT2D eigenvalue weighted by Gasteiger charge is 2.19. The summed E-state index contributed by atoms with van der Waals surface area (Å²) in [5.41, 5.74) is 1.64. The summed E-state index contributed by atoms with van der Waals surface area (Å²) < 4.78 is 27.2. The van der Waals surface area contributed by atoms with Gasteiger partial charge in [-0.15, -0.1) is 0 Å². The van der Waals surface area contributed by atoms with Crippen molar-refractivity contribution in [2.24, 2.45) is 0 Å². The average Bonchev–Trinajstić information content (AvgIpc) is 2.36. The second-order valence-corrected chi connectivity index (χ2v) is 6.81. The summed E-state index contributed by atoms with van der Waals surface area (Å²) in [5.74, 6) is 0. The van der Waals surface area contributed by atoms with Crippen molar-refractivity contribution >= 4 is 38.9 Å². The molecule has 0 saturated heterocycles. The highest BCUT2D eigenvalue weighted by Crippen LogP contribution is 2.26. The van der Waals surface area contributed by atoms with Crippen molar-refractivity contribution in [2.45, 2.75) is 18.7 Å². The molecule has 20 heavy (non-hydrogen) atoms. The molecule has 0 radical (unpaired) electrons. The lowest BCUT2D eigenvalue weighted by atomic mass is 10.2. The summed E-state index contributed by atoms with van der Waals surface area (Å²) in [4.78, 5) is 4.02. The van der Waals surface area contributed by atoms with E-state index in [2.05, 4.69) is 9.71 Å². The number of hydrogen-bond donors (Lipinski definition) is 1. The van der Waals surface area contributed by atoms with E-state index in [4.69, 9.17) is 23.2 Å². The Hall–Kier alpha value is -1.30. The molecule has 0 atom stereocenters. The molecule has 0 unspecified atom stereocenters. The number of nitrogens with zero attached hydrogens (tertiary/aromatic N) is 1. The Morgan fingerprint density at radius 3 is 2.55 bits per heavy atom. The zero-order chi connectivity index (χ0) is 14.9. The first kappa shape index (κ1) is 15.1. The second kappa shape index (κ2) is 5.60. The van der Waals surface area contributed by atoms with Gasteiger partial charge in [-0.1, -0.05) is 29.3 Å². The van der Waals surface area contributed by atoms with Crippen LogP contribution in [0.1, 0.15) is 11.1 Å². The van der Waals surface area contributed by atoms with E-state index in [9.17, 15) is 8.42 Å². The van der Waals surface area contributed by atoms with Crippen molar-refractivity contribution in [3.05, 3.63) is 51.8 Å². The third-order valence-electron chi connectivity index (χ3n) is 2.66. The van der Waals surface area contributed by atoms with Gasteiger partial charge in [0.25, 0.3) is 10.0 Å². The van der Waals surface area contributed by atoms with Gasteiger partial charge in [0, 0.05) is 11.2 Å². The standard InChI is InChI=1S/C13H12Cl2N2O2S/c1-8-5-11(13(15)16-7-8)17-20(18,19)12-6-10(14)4-3-9(12)2/h3-7,17H,1-2H3. The molecule has 0 spiro atoms. The number of benzene rings is 1. The Morgan fingerprint density at radius 2 is 1.85 bits per heavy atom. The van der Waals surface area contributed by atoms with Crippen LogP contribution >= 0.6 is 23.2 Å². The SMILES string of the molecule is Cc1cnc(Cl)c(NS(=O)(=O)c2cc(Cl)ccc2C)c1. The van der Waals surface area contributed by atoms with E-state index in [1.165, 1.54) is 6.07 Å². The number of aromatic nitrogens is 1. The second-order valence-electron chi connectivity index (χ2n) is 4.37. The van der Waals surface area contributed by atoms with E-state index >= 15 is 0 Å². The van der Waals surface area contributed by atoms with Gasteiger partial charge < -0.3 is 0 Å². The molecule has 0 amide bonds. The summed E-state index contributed by atoms with van der Waals surface area (Å²) >= 11 is 11.7. The van der Waals surface area contributed by atoms with Crippen LogP contribution < -0.4 is 4.72 Å². The molecule has 0 aliphatic heterocycles. The van der Waals surface area contributed by atoms with Crippen molar-refractivity contribution in [3.8, 4) is 0 Å². The van der Waals surface area contributed by atoms with Crippen LogP contribution in [0.5, 0.6) is 0 Å². The normalized spacial score (nSPS) is 11.4. The van der Waals surface area contributed by atoms with E-state index < -0.39 is 10.0 Å². The number of pyridine rings is 1. The molecule has 1 N–H and O–H groups in total.